The number of nitrogen functional groups attached to an aromatic ring is 1. The van der Waals surface area contributed by atoms with Gasteiger partial charge < -0.3 is 15.4 Å². The van der Waals surface area contributed by atoms with Gasteiger partial charge in [-0.25, -0.2) is 0 Å². The fourth-order valence-corrected chi connectivity index (χ4v) is 2.09. The Morgan fingerprint density at radius 2 is 2.00 bits per heavy atom. The number of aryl methyl sites for hydroxylation is 1. The first kappa shape index (κ1) is 14.8. The SMILES string of the molecule is COc1cccc(N(C)c2nnc(C)c(C)c2C(=N)N)c1. The van der Waals surface area contributed by atoms with Crippen molar-refractivity contribution in [1.29, 1.82) is 5.41 Å². The van der Waals surface area contributed by atoms with E-state index in [4.69, 9.17) is 15.9 Å². The maximum atomic E-state index is 7.81. The number of methoxy groups -OCH3 is 1. The molecule has 0 bridgehead atoms. The number of amidine groups is 1. The van der Waals surface area contributed by atoms with Crippen molar-refractivity contribution < 1.29 is 4.74 Å². The number of benzene rings is 1. The van der Waals surface area contributed by atoms with Crippen LogP contribution in [-0.4, -0.2) is 30.2 Å². The van der Waals surface area contributed by atoms with Gasteiger partial charge in [0.2, 0.25) is 0 Å². The molecule has 2 rings (SSSR count). The topological polar surface area (TPSA) is 88.1 Å². The zero-order chi connectivity index (χ0) is 15.6. The third kappa shape index (κ3) is 2.79. The van der Waals surface area contributed by atoms with Crippen molar-refractivity contribution in [1.82, 2.24) is 10.2 Å². The van der Waals surface area contributed by atoms with Crippen molar-refractivity contribution in [3.8, 4) is 5.75 Å². The van der Waals surface area contributed by atoms with Gasteiger partial charge in [0.25, 0.3) is 0 Å². The molecule has 3 N–H and O–H groups in total. The molecule has 0 fully saturated rings. The zero-order valence-corrected chi connectivity index (χ0v) is 12.6. The van der Waals surface area contributed by atoms with Crippen LogP contribution in [-0.2, 0) is 0 Å². The smallest absolute Gasteiger partial charge is 0.166 e. The first-order chi connectivity index (χ1) is 9.95. The normalized spacial score (nSPS) is 10.3. The molecular formula is C15H19N5O. The average Bonchev–Trinajstić information content (AvgIpc) is 2.48. The molecule has 110 valence electrons. The lowest BCUT2D eigenvalue weighted by Crippen LogP contribution is -2.22. The van der Waals surface area contributed by atoms with Gasteiger partial charge in [-0.3, -0.25) is 5.41 Å². The van der Waals surface area contributed by atoms with Crippen LogP contribution in [0.15, 0.2) is 24.3 Å². The molecule has 2 aromatic rings. The lowest BCUT2D eigenvalue weighted by molar-refractivity contribution is 0.415. The summed E-state index contributed by atoms with van der Waals surface area (Å²) < 4.78 is 5.23. The minimum absolute atomic E-state index is 0.0183. The van der Waals surface area contributed by atoms with Gasteiger partial charge in [0.1, 0.15) is 11.6 Å². The highest BCUT2D eigenvalue weighted by Crippen LogP contribution is 2.29. The van der Waals surface area contributed by atoms with E-state index in [1.165, 1.54) is 0 Å². The molecule has 0 aliphatic carbocycles. The van der Waals surface area contributed by atoms with Gasteiger partial charge in [0, 0.05) is 18.8 Å². The maximum absolute atomic E-state index is 7.81. The third-order valence-electron chi connectivity index (χ3n) is 3.46. The monoisotopic (exact) mass is 285 g/mol. The van der Waals surface area contributed by atoms with Crippen molar-refractivity contribution in [2.24, 2.45) is 5.73 Å². The van der Waals surface area contributed by atoms with Gasteiger partial charge in [0.05, 0.1) is 18.4 Å². The molecule has 0 aliphatic rings. The Morgan fingerprint density at radius 1 is 1.29 bits per heavy atom. The number of nitrogens with zero attached hydrogens (tertiary/aromatic N) is 3. The third-order valence-corrected chi connectivity index (χ3v) is 3.46. The Kier molecular flexibility index (Phi) is 4.07. The van der Waals surface area contributed by atoms with E-state index in [1.54, 1.807) is 7.11 Å². The fourth-order valence-electron chi connectivity index (χ4n) is 2.09. The standard InChI is InChI=1S/C15H19N5O/c1-9-10(2)18-19-15(13(9)14(16)17)20(3)11-6-5-7-12(8-11)21-4/h5-8H,1-4H3,(H3,16,17). The lowest BCUT2D eigenvalue weighted by atomic mass is 10.1. The molecule has 0 spiro atoms. The second kappa shape index (κ2) is 5.78. The summed E-state index contributed by atoms with van der Waals surface area (Å²) in [5, 5.41) is 16.1. The van der Waals surface area contributed by atoms with Crippen molar-refractivity contribution in [3.63, 3.8) is 0 Å². The highest BCUT2D eigenvalue weighted by molar-refractivity contribution is 6.01. The van der Waals surface area contributed by atoms with Crippen LogP contribution in [0.3, 0.4) is 0 Å². The van der Waals surface area contributed by atoms with Crippen molar-refractivity contribution in [2.45, 2.75) is 13.8 Å². The predicted molar refractivity (Wildman–Crippen MR) is 83.6 cm³/mol. The van der Waals surface area contributed by atoms with Crippen LogP contribution in [0.1, 0.15) is 16.8 Å². The molecule has 6 heteroatoms. The van der Waals surface area contributed by atoms with Crippen LogP contribution in [0.4, 0.5) is 11.5 Å². The summed E-state index contributed by atoms with van der Waals surface area (Å²) in [5.41, 5.74) is 8.84. The van der Waals surface area contributed by atoms with Crippen molar-refractivity contribution in [3.05, 3.63) is 41.1 Å². The van der Waals surface area contributed by atoms with Gasteiger partial charge in [-0.2, -0.15) is 5.10 Å². The molecule has 0 atom stereocenters. The number of hydrogen-bond donors (Lipinski definition) is 2. The van der Waals surface area contributed by atoms with Crippen LogP contribution in [0.2, 0.25) is 0 Å². The summed E-state index contributed by atoms with van der Waals surface area (Å²) >= 11 is 0. The summed E-state index contributed by atoms with van der Waals surface area (Å²) in [6.07, 6.45) is 0. The molecule has 0 unspecified atom stereocenters. The molecule has 0 aliphatic heterocycles. The van der Waals surface area contributed by atoms with E-state index in [0.29, 0.717) is 11.4 Å². The van der Waals surface area contributed by atoms with Gasteiger partial charge >= 0.3 is 0 Å². The Balaban J connectivity index is 2.55. The number of anilines is 2. The number of nitrogens with two attached hydrogens (primary N) is 1. The van der Waals surface area contributed by atoms with Gasteiger partial charge in [-0.1, -0.05) is 6.07 Å². The van der Waals surface area contributed by atoms with E-state index in [1.807, 2.05) is 50.1 Å². The lowest BCUT2D eigenvalue weighted by Gasteiger charge is -2.22. The summed E-state index contributed by atoms with van der Waals surface area (Å²) in [6.45, 7) is 3.74. The number of hydrogen-bond acceptors (Lipinski definition) is 5. The molecular weight excluding hydrogens is 266 g/mol. The van der Waals surface area contributed by atoms with Crippen LogP contribution >= 0.6 is 0 Å². The summed E-state index contributed by atoms with van der Waals surface area (Å²) in [7, 11) is 3.48. The predicted octanol–water partition coefficient (Wildman–Crippen LogP) is 2.15. The molecule has 0 saturated carbocycles. The zero-order valence-electron chi connectivity index (χ0n) is 12.6. The largest absolute Gasteiger partial charge is 0.497 e. The minimum Gasteiger partial charge on any atom is -0.497 e. The molecule has 0 radical (unpaired) electrons. The van der Waals surface area contributed by atoms with Gasteiger partial charge in [-0.05, 0) is 31.5 Å². The van der Waals surface area contributed by atoms with Crippen molar-refractivity contribution >= 4 is 17.3 Å². The van der Waals surface area contributed by atoms with E-state index in [0.717, 1.165) is 22.7 Å². The van der Waals surface area contributed by atoms with E-state index in [9.17, 15) is 0 Å². The summed E-state index contributed by atoms with van der Waals surface area (Å²) in [4.78, 5) is 1.85. The molecule has 0 saturated heterocycles. The number of nitrogens with one attached hydrogen (secondary N) is 1. The number of rotatable bonds is 4. The molecule has 1 heterocycles. The van der Waals surface area contributed by atoms with Gasteiger partial charge in [0.15, 0.2) is 5.82 Å². The highest BCUT2D eigenvalue weighted by Gasteiger charge is 2.18. The first-order valence-corrected chi connectivity index (χ1v) is 6.51. The van der Waals surface area contributed by atoms with E-state index in [2.05, 4.69) is 10.2 Å². The summed E-state index contributed by atoms with van der Waals surface area (Å²) in [5.74, 6) is 1.29. The van der Waals surface area contributed by atoms with Crippen LogP contribution in [0.5, 0.6) is 5.75 Å². The molecule has 21 heavy (non-hydrogen) atoms. The quantitative estimate of drug-likeness (QED) is 0.664. The highest BCUT2D eigenvalue weighted by atomic mass is 16.5. The van der Waals surface area contributed by atoms with Crippen LogP contribution < -0.4 is 15.4 Å². The van der Waals surface area contributed by atoms with Crippen LogP contribution in [0, 0.1) is 19.3 Å². The molecule has 6 nitrogen and oxygen atoms in total. The van der Waals surface area contributed by atoms with Gasteiger partial charge in [-0.15, -0.1) is 5.10 Å². The fraction of sp³-hybridized carbons (Fsp3) is 0.267. The van der Waals surface area contributed by atoms with E-state index < -0.39 is 0 Å². The Morgan fingerprint density at radius 3 is 2.62 bits per heavy atom. The number of aromatic nitrogens is 2. The summed E-state index contributed by atoms with van der Waals surface area (Å²) in [6, 6.07) is 7.59. The second-order valence-corrected chi connectivity index (χ2v) is 4.78. The first-order valence-electron chi connectivity index (χ1n) is 6.51. The van der Waals surface area contributed by atoms with E-state index in [-0.39, 0.29) is 5.84 Å². The average molecular weight is 285 g/mol. The minimum atomic E-state index is -0.0183. The maximum Gasteiger partial charge on any atom is 0.166 e. The molecule has 1 aromatic heterocycles. The molecule has 0 amide bonds. The Labute approximate surface area is 124 Å². The Bertz CT molecular complexity index is 684. The van der Waals surface area contributed by atoms with Crippen molar-refractivity contribution in [2.75, 3.05) is 19.1 Å². The van der Waals surface area contributed by atoms with Crippen LogP contribution in [0.25, 0.3) is 0 Å². The number of ether oxygens (including phenoxy) is 1. The second-order valence-electron chi connectivity index (χ2n) is 4.78. The van der Waals surface area contributed by atoms with E-state index >= 15 is 0 Å². The Hall–Kier alpha value is -2.63. The molecule has 1 aromatic carbocycles.